The molecule has 0 saturated carbocycles. The smallest absolute Gasteiger partial charge is 0.256 e. The Morgan fingerprint density at radius 1 is 0.840 bits per heavy atom. The van der Waals surface area contributed by atoms with Gasteiger partial charge in [0.15, 0.2) is 5.78 Å². The number of carbonyl (C=O) groups excluding carboxylic acids is 2. The van der Waals surface area contributed by atoms with Crippen molar-refractivity contribution in [1.29, 1.82) is 0 Å². The van der Waals surface area contributed by atoms with Gasteiger partial charge < -0.3 is 5.32 Å². The second kappa shape index (κ2) is 7.09. The van der Waals surface area contributed by atoms with Crippen LogP contribution in [0, 0.1) is 12.7 Å². The van der Waals surface area contributed by atoms with Crippen LogP contribution < -0.4 is 5.32 Å². The van der Waals surface area contributed by atoms with E-state index in [0.717, 1.165) is 5.56 Å². The molecule has 0 aromatic heterocycles. The second-order valence-electron chi connectivity index (χ2n) is 5.68. The molecule has 0 saturated heterocycles. The third-order valence-corrected chi connectivity index (χ3v) is 3.82. The summed E-state index contributed by atoms with van der Waals surface area (Å²) in [6.07, 6.45) is 0. The molecule has 0 radical (unpaired) electrons. The lowest BCUT2D eigenvalue weighted by Crippen LogP contribution is -2.17. The van der Waals surface area contributed by atoms with E-state index < -0.39 is 11.7 Å². The van der Waals surface area contributed by atoms with Crippen LogP contribution in [-0.4, -0.2) is 11.7 Å². The molecule has 3 aromatic rings. The molecule has 0 atom stereocenters. The van der Waals surface area contributed by atoms with Gasteiger partial charge in [0, 0.05) is 11.1 Å². The van der Waals surface area contributed by atoms with Gasteiger partial charge in [-0.15, -0.1) is 0 Å². The van der Waals surface area contributed by atoms with Crippen LogP contribution in [0.5, 0.6) is 0 Å². The number of halogens is 1. The second-order valence-corrected chi connectivity index (χ2v) is 5.68. The summed E-state index contributed by atoms with van der Waals surface area (Å²) in [5.74, 6) is -1.30. The summed E-state index contributed by atoms with van der Waals surface area (Å²) in [5.41, 5.74) is 1.89. The fourth-order valence-corrected chi connectivity index (χ4v) is 2.55. The van der Waals surface area contributed by atoms with E-state index in [1.54, 1.807) is 60.7 Å². The first-order chi connectivity index (χ1) is 12.1. The zero-order valence-electron chi connectivity index (χ0n) is 13.6. The molecular weight excluding hydrogens is 317 g/mol. The van der Waals surface area contributed by atoms with E-state index in [1.165, 1.54) is 6.07 Å². The SMILES string of the molecule is Cc1ccc(F)c(NC(=O)c2ccccc2C(=O)c2ccccc2)c1. The minimum absolute atomic E-state index is 0.0898. The van der Waals surface area contributed by atoms with E-state index in [4.69, 9.17) is 0 Å². The van der Waals surface area contributed by atoms with Crippen LogP contribution >= 0.6 is 0 Å². The van der Waals surface area contributed by atoms with Crippen LogP contribution in [0.2, 0.25) is 0 Å². The quantitative estimate of drug-likeness (QED) is 0.708. The number of hydrogen-bond acceptors (Lipinski definition) is 2. The predicted molar refractivity (Wildman–Crippen MR) is 95.4 cm³/mol. The van der Waals surface area contributed by atoms with Crippen molar-refractivity contribution < 1.29 is 14.0 Å². The Labute approximate surface area is 145 Å². The molecule has 3 aromatic carbocycles. The van der Waals surface area contributed by atoms with Gasteiger partial charge in [-0.2, -0.15) is 0 Å². The third-order valence-electron chi connectivity index (χ3n) is 3.82. The molecule has 0 aliphatic rings. The molecule has 0 fully saturated rings. The minimum Gasteiger partial charge on any atom is -0.319 e. The third kappa shape index (κ3) is 3.63. The van der Waals surface area contributed by atoms with Gasteiger partial charge in [0.05, 0.1) is 11.3 Å². The molecule has 3 nitrogen and oxygen atoms in total. The maximum Gasteiger partial charge on any atom is 0.256 e. The summed E-state index contributed by atoms with van der Waals surface area (Å²) in [5, 5.41) is 2.55. The number of ketones is 1. The molecule has 124 valence electrons. The Bertz CT molecular complexity index is 936. The minimum atomic E-state index is -0.524. The van der Waals surface area contributed by atoms with E-state index in [9.17, 15) is 14.0 Å². The number of aryl methyl sites for hydroxylation is 1. The fourth-order valence-electron chi connectivity index (χ4n) is 2.55. The Hall–Kier alpha value is -3.27. The first-order valence-electron chi connectivity index (χ1n) is 7.82. The van der Waals surface area contributed by atoms with Gasteiger partial charge in [-0.1, -0.05) is 54.6 Å². The maximum atomic E-state index is 13.9. The Morgan fingerprint density at radius 3 is 2.20 bits per heavy atom. The lowest BCUT2D eigenvalue weighted by atomic mass is 9.98. The van der Waals surface area contributed by atoms with Crippen LogP contribution in [0.15, 0.2) is 72.8 Å². The monoisotopic (exact) mass is 333 g/mol. The van der Waals surface area contributed by atoms with Gasteiger partial charge in [0.2, 0.25) is 0 Å². The number of hydrogen-bond donors (Lipinski definition) is 1. The number of anilines is 1. The maximum absolute atomic E-state index is 13.9. The molecule has 0 spiro atoms. The molecule has 1 N–H and O–H groups in total. The van der Waals surface area contributed by atoms with Gasteiger partial charge in [0.1, 0.15) is 5.82 Å². The molecule has 0 aliphatic carbocycles. The van der Waals surface area contributed by atoms with E-state index >= 15 is 0 Å². The van der Waals surface area contributed by atoms with Gasteiger partial charge in [-0.25, -0.2) is 4.39 Å². The summed E-state index contributed by atoms with van der Waals surface area (Å²) in [4.78, 5) is 25.3. The van der Waals surface area contributed by atoms with Crippen LogP contribution in [0.4, 0.5) is 10.1 Å². The lowest BCUT2D eigenvalue weighted by molar-refractivity contribution is 0.0996. The molecule has 0 heterocycles. The average Bonchev–Trinajstić information content (AvgIpc) is 2.65. The molecule has 0 bridgehead atoms. The summed E-state index contributed by atoms with van der Waals surface area (Å²) >= 11 is 0. The summed E-state index contributed by atoms with van der Waals surface area (Å²) in [6.45, 7) is 1.81. The lowest BCUT2D eigenvalue weighted by Gasteiger charge is -2.11. The van der Waals surface area contributed by atoms with Gasteiger partial charge in [-0.3, -0.25) is 9.59 Å². The van der Waals surface area contributed by atoms with Gasteiger partial charge >= 0.3 is 0 Å². The van der Waals surface area contributed by atoms with Gasteiger partial charge in [0.25, 0.3) is 5.91 Å². The Balaban J connectivity index is 1.94. The van der Waals surface area contributed by atoms with Crippen LogP contribution in [-0.2, 0) is 0 Å². The van der Waals surface area contributed by atoms with Crippen LogP contribution in [0.1, 0.15) is 31.8 Å². The van der Waals surface area contributed by atoms with Crippen molar-refractivity contribution in [2.24, 2.45) is 0 Å². The number of nitrogens with one attached hydrogen (secondary N) is 1. The molecule has 4 heteroatoms. The van der Waals surface area contributed by atoms with E-state index in [1.807, 2.05) is 13.0 Å². The van der Waals surface area contributed by atoms with Crippen molar-refractivity contribution in [2.45, 2.75) is 6.92 Å². The van der Waals surface area contributed by atoms with E-state index in [-0.39, 0.29) is 22.6 Å². The molecule has 0 unspecified atom stereocenters. The topological polar surface area (TPSA) is 46.2 Å². The van der Waals surface area contributed by atoms with Gasteiger partial charge in [-0.05, 0) is 30.7 Å². The molecular formula is C21H16FNO2. The first-order valence-corrected chi connectivity index (χ1v) is 7.82. The standard InChI is InChI=1S/C21H16FNO2/c1-14-11-12-18(22)19(13-14)23-21(25)17-10-6-5-9-16(17)20(24)15-7-3-2-4-8-15/h2-13H,1H3,(H,23,25). The largest absolute Gasteiger partial charge is 0.319 e. The van der Waals surface area contributed by atoms with Crippen molar-refractivity contribution in [3.8, 4) is 0 Å². The zero-order chi connectivity index (χ0) is 17.8. The number of benzene rings is 3. The van der Waals surface area contributed by atoms with Crippen LogP contribution in [0.3, 0.4) is 0 Å². The molecule has 0 aliphatic heterocycles. The normalized spacial score (nSPS) is 10.3. The van der Waals surface area contributed by atoms with Crippen molar-refractivity contribution in [1.82, 2.24) is 0 Å². The molecule has 25 heavy (non-hydrogen) atoms. The van der Waals surface area contributed by atoms with Crippen molar-refractivity contribution in [3.05, 3.63) is 101 Å². The average molecular weight is 333 g/mol. The zero-order valence-corrected chi connectivity index (χ0v) is 13.6. The number of rotatable bonds is 4. The fraction of sp³-hybridized carbons (Fsp3) is 0.0476. The highest BCUT2D eigenvalue weighted by Crippen LogP contribution is 2.19. The summed E-state index contributed by atoms with van der Waals surface area (Å²) < 4.78 is 13.9. The van der Waals surface area contributed by atoms with Crippen molar-refractivity contribution >= 4 is 17.4 Å². The number of carbonyl (C=O) groups is 2. The molecule has 3 rings (SSSR count). The Morgan fingerprint density at radius 2 is 1.48 bits per heavy atom. The predicted octanol–water partition coefficient (Wildman–Crippen LogP) is 4.62. The summed E-state index contributed by atoms with van der Waals surface area (Å²) in [7, 11) is 0. The number of amides is 1. The highest BCUT2D eigenvalue weighted by atomic mass is 19.1. The van der Waals surface area contributed by atoms with Crippen molar-refractivity contribution in [2.75, 3.05) is 5.32 Å². The first kappa shape index (κ1) is 16.6. The van der Waals surface area contributed by atoms with E-state index in [2.05, 4.69) is 5.32 Å². The highest BCUT2D eigenvalue weighted by Gasteiger charge is 2.18. The van der Waals surface area contributed by atoms with E-state index in [0.29, 0.717) is 5.56 Å². The Kier molecular flexibility index (Phi) is 4.70. The van der Waals surface area contributed by atoms with Crippen molar-refractivity contribution in [3.63, 3.8) is 0 Å². The highest BCUT2D eigenvalue weighted by molar-refractivity contribution is 6.17. The van der Waals surface area contributed by atoms with Crippen LogP contribution in [0.25, 0.3) is 0 Å². The molecule has 1 amide bonds. The summed E-state index contributed by atoms with van der Waals surface area (Å²) in [6, 6.07) is 19.7.